The van der Waals surface area contributed by atoms with Gasteiger partial charge in [-0.1, -0.05) is 48.0 Å². The number of rotatable bonds is 8. The predicted octanol–water partition coefficient (Wildman–Crippen LogP) is 5.82. The second-order valence-electron chi connectivity index (χ2n) is 10.6. The molecule has 2 heterocycles. The number of hydrogen-bond donors (Lipinski definition) is 1. The fourth-order valence-electron chi connectivity index (χ4n) is 5.50. The van der Waals surface area contributed by atoms with Gasteiger partial charge < -0.3 is 10.2 Å². The minimum Gasteiger partial charge on any atom is -0.339 e. The van der Waals surface area contributed by atoms with Gasteiger partial charge in [0.05, 0.1) is 23.5 Å². The summed E-state index contributed by atoms with van der Waals surface area (Å²) in [5, 5.41) is 7.34. The van der Waals surface area contributed by atoms with Crippen molar-refractivity contribution in [2.45, 2.75) is 37.2 Å². The number of hydrogen-bond acceptors (Lipinski definition) is 4. The highest BCUT2D eigenvalue weighted by Gasteiger charge is 2.46. The summed E-state index contributed by atoms with van der Waals surface area (Å²) in [7, 11) is 1.32. The zero-order valence-electron chi connectivity index (χ0n) is 24.4. The Morgan fingerprint density at radius 3 is 2.33 bits per heavy atom. The van der Waals surface area contributed by atoms with E-state index in [1.807, 2.05) is 0 Å². The van der Waals surface area contributed by atoms with Gasteiger partial charge in [-0.25, -0.2) is 13.5 Å². The number of carbonyl (C=O) groups excluding carboxylic acids is 3. The van der Waals surface area contributed by atoms with Gasteiger partial charge in [0.2, 0.25) is 0 Å². The molecule has 46 heavy (non-hydrogen) atoms. The van der Waals surface area contributed by atoms with Crippen molar-refractivity contribution in [2.24, 2.45) is 0 Å². The Bertz CT molecular complexity index is 1760. The molecule has 3 aromatic carbocycles. The van der Waals surface area contributed by atoms with Crippen LogP contribution >= 0.6 is 11.6 Å². The van der Waals surface area contributed by atoms with E-state index in [-0.39, 0.29) is 30.2 Å². The van der Waals surface area contributed by atoms with Gasteiger partial charge in [-0.3, -0.25) is 19.3 Å². The van der Waals surface area contributed by atoms with E-state index < -0.39 is 52.9 Å². The van der Waals surface area contributed by atoms with Crippen LogP contribution in [0.15, 0.2) is 78.9 Å². The third-order valence-electron chi connectivity index (χ3n) is 7.64. The summed E-state index contributed by atoms with van der Waals surface area (Å²) >= 11 is 5.43. The molecule has 14 heteroatoms. The molecule has 0 radical (unpaired) electrons. The number of amides is 3. The first-order valence-corrected chi connectivity index (χ1v) is 14.5. The third kappa shape index (κ3) is 6.32. The second kappa shape index (κ2) is 12.9. The zero-order valence-corrected chi connectivity index (χ0v) is 25.2. The molecule has 0 fully saturated rings. The molecule has 240 valence electrons. The number of benzene rings is 3. The normalized spacial score (nSPS) is 17.0. The summed E-state index contributed by atoms with van der Waals surface area (Å²) in [6.45, 7) is 1.50. The zero-order chi connectivity index (χ0) is 33.3. The molecule has 1 aliphatic heterocycles. The lowest BCUT2D eigenvalue weighted by atomic mass is 9.80. The van der Waals surface area contributed by atoms with E-state index in [0.29, 0.717) is 22.9 Å². The number of anilines is 1. The Labute approximate surface area is 265 Å². The van der Waals surface area contributed by atoms with Gasteiger partial charge in [-0.2, -0.15) is 18.3 Å². The van der Waals surface area contributed by atoms with Crippen molar-refractivity contribution in [1.29, 1.82) is 0 Å². The maximum Gasteiger partial charge on any atom is 0.416 e. The van der Waals surface area contributed by atoms with Gasteiger partial charge in [0.25, 0.3) is 23.4 Å². The SMILES string of the molecule is CCN1C(=O)[C@@H](NC(=O)c2cccc(C(F)(F)F)c2)[C@@H](c2ccc(F)cc2)c2c(CN(C)C(=O)[C@H](F)Cl)nn(-c3ccccc3)c21. The highest BCUT2D eigenvalue weighted by Crippen LogP contribution is 2.44. The van der Waals surface area contributed by atoms with Crippen molar-refractivity contribution in [2.75, 3.05) is 18.5 Å². The Morgan fingerprint density at radius 2 is 1.72 bits per heavy atom. The minimum absolute atomic E-state index is 0.0822. The summed E-state index contributed by atoms with van der Waals surface area (Å²) < 4.78 is 69.7. The van der Waals surface area contributed by atoms with Crippen LogP contribution in [0, 0.1) is 5.82 Å². The van der Waals surface area contributed by atoms with E-state index in [0.717, 1.165) is 29.2 Å². The number of nitrogens with one attached hydrogen (secondary N) is 1. The van der Waals surface area contributed by atoms with E-state index >= 15 is 0 Å². The summed E-state index contributed by atoms with van der Waals surface area (Å²) in [5.41, 5.74) is -2.25. The van der Waals surface area contributed by atoms with Gasteiger partial charge in [0, 0.05) is 30.6 Å². The number of fused-ring (bicyclic) bond motifs is 1. The molecule has 0 unspecified atom stereocenters. The van der Waals surface area contributed by atoms with Gasteiger partial charge in [-0.05, 0) is 55.0 Å². The summed E-state index contributed by atoms with van der Waals surface area (Å²) in [4.78, 5) is 42.6. The molecule has 1 N–H and O–H groups in total. The van der Waals surface area contributed by atoms with E-state index in [9.17, 15) is 36.3 Å². The van der Waals surface area contributed by atoms with Crippen molar-refractivity contribution in [3.05, 3.63) is 113 Å². The number of carbonyl (C=O) groups is 3. The first-order valence-electron chi connectivity index (χ1n) is 14.1. The quantitative estimate of drug-likeness (QED) is 0.191. The lowest BCUT2D eigenvalue weighted by Gasteiger charge is -2.38. The Morgan fingerprint density at radius 1 is 1.04 bits per heavy atom. The van der Waals surface area contributed by atoms with Crippen LogP contribution in [0.25, 0.3) is 5.69 Å². The standard InChI is InChI=1S/C32H27ClF5N5O3/c1-3-42-29-25(23(17-41(2)31(46)27(33)35)40-43(29)22-10-5-4-6-11-22)24(18-12-14-21(34)15-13-18)26(30(42)45)39-28(44)19-8-7-9-20(16-19)32(36,37)38/h4-16,24,26-27H,3,17H2,1-2H3,(H,39,44)/t24-,26-,27-/m0/s1. The van der Waals surface area contributed by atoms with E-state index in [1.54, 1.807) is 37.3 Å². The number of para-hydroxylation sites is 1. The molecule has 1 aromatic heterocycles. The molecular weight excluding hydrogens is 633 g/mol. The van der Waals surface area contributed by atoms with Crippen LogP contribution in [0.5, 0.6) is 0 Å². The average molecular weight is 660 g/mol. The van der Waals surface area contributed by atoms with Crippen LogP contribution in [0.3, 0.4) is 0 Å². The van der Waals surface area contributed by atoms with Crippen molar-refractivity contribution in [3.8, 4) is 5.69 Å². The van der Waals surface area contributed by atoms with Crippen molar-refractivity contribution in [3.63, 3.8) is 0 Å². The van der Waals surface area contributed by atoms with Gasteiger partial charge in [0.1, 0.15) is 17.7 Å². The molecule has 0 spiro atoms. The largest absolute Gasteiger partial charge is 0.416 e. The van der Waals surface area contributed by atoms with Gasteiger partial charge in [0.15, 0.2) is 0 Å². The number of nitrogens with zero attached hydrogens (tertiary/aromatic N) is 4. The van der Waals surface area contributed by atoms with Crippen molar-refractivity contribution < 1.29 is 36.3 Å². The molecule has 3 atom stereocenters. The molecule has 0 bridgehead atoms. The molecule has 5 rings (SSSR count). The summed E-state index contributed by atoms with van der Waals surface area (Å²) in [5.74, 6) is -3.96. The van der Waals surface area contributed by atoms with Crippen LogP contribution < -0.4 is 10.2 Å². The summed E-state index contributed by atoms with van der Waals surface area (Å²) in [6, 6.07) is 16.2. The van der Waals surface area contributed by atoms with E-state index in [2.05, 4.69) is 5.32 Å². The maximum atomic E-state index is 14.3. The molecule has 3 amide bonds. The third-order valence-corrected chi connectivity index (χ3v) is 7.83. The highest BCUT2D eigenvalue weighted by molar-refractivity contribution is 6.29. The fraction of sp³-hybridized carbons (Fsp3) is 0.250. The van der Waals surface area contributed by atoms with Crippen LogP contribution in [0.2, 0.25) is 0 Å². The number of aromatic nitrogens is 2. The predicted molar refractivity (Wildman–Crippen MR) is 160 cm³/mol. The first-order chi connectivity index (χ1) is 21.8. The highest BCUT2D eigenvalue weighted by atomic mass is 35.5. The second-order valence-corrected chi connectivity index (χ2v) is 11.0. The maximum absolute atomic E-state index is 14.3. The lowest BCUT2D eigenvalue weighted by molar-refractivity contribution is -0.137. The average Bonchev–Trinajstić information content (AvgIpc) is 3.39. The first kappa shape index (κ1) is 32.6. The smallest absolute Gasteiger partial charge is 0.339 e. The Kier molecular flexibility index (Phi) is 9.15. The summed E-state index contributed by atoms with van der Waals surface area (Å²) in [6.07, 6.45) is -4.71. The minimum atomic E-state index is -4.71. The number of alkyl halides is 5. The van der Waals surface area contributed by atoms with E-state index in [1.165, 1.54) is 34.8 Å². The molecule has 4 aromatic rings. The van der Waals surface area contributed by atoms with Crippen LogP contribution in [0.1, 0.15) is 45.6 Å². The van der Waals surface area contributed by atoms with E-state index in [4.69, 9.17) is 16.7 Å². The van der Waals surface area contributed by atoms with Crippen LogP contribution in [-0.2, 0) is 22.3 Å². The van der Waals surface area contributed by atoms with Crippen LogP contribution in [-0.4, -0.2) is 57.7 Å². The monoisotopic (exact) mass is 659 g/mol. The lowest BCUT2D eigenvalue weighted by Crippen LogP contribution is -2.55. The molecule has 8 nitrogen and oxygen atoms in total. The van der Waals surface area contributed by atoms with Crippen LogP contribution in [0.4, 0.5) is 27.8 Å². The number of likely N-dealkylation sites (N-methyl/N-ethyl adjacent to an activating group) is 1. The Balaban J connectivity index is 1.71. The van der Waals surface area contributed by atoms with Gasteiger partial charge in [-0.15, -0.1) is 0 Å². The Hall–Kier alpha value is -4.78. The molecule has 0 saturated heterocycles. The fourth-order valence-corrected chi connectivity index (χ4v) is 5.67. The molecular formula is C32H27ClF5N5O3. The molecule has 0 aliphatic carbocycles. The van der Waals surface area contributed by atoms with Gasteiger partial charge >= 0.3 is 6.18 Å². The number of halogens is 6. The molecule has 0 saturated carbocycles. The molecule has 1 aliphatic rings. The van der Waals surface area contributed by atoms with Crippen molar-refractivity contribution in [1.82, 2.24) is 20.0 Å². The topological polar surface area (TPSA) is 87.5 Å². The van der Waals surface area contributed by atoms with Crippen molar-refractivity contribution >= 4 is 35.1 Å².